The number of benzene rings is 1. The van der Waals surface area contributed by atoms with E-state index in [4.69, 9.17) is 9.72 Å². The van der Waals surface area contributed by atoms with Crippen LogP contribution in [0.1, 0.15) is 66.7 Å². The van der Waals surface area contributed by atoms with E-state index in [9.17, 15) is 4.79 Å². The van der Waals surface area contributed by atoms with Gasteiger partial charge in [-0.1, -0.05) is 39.0 Å². The summed E-state index contributed by atoms with van der Waals surface area (Å²) in [5.74, 6) is 1.22. The van der Waals surface area contributed by atoms with E-state index in [1.807, 2.05) is 12.1 Å². The monoisotopic (exact) mass is 417 g/mol. The molecule has 2 heterocycles. The Kier molecular flexibility index (Phi) is 7.04. The maximum absolute atomic E-state index is 11.7. The summed E-state index contributed by atoms with van der Waals surface area (Å²) in [5.41, 5.74) is 2.01. The van der Waals surface area contributed by atoms with Gasteiger partial charge in [-0.2, -0.15) is 0 Å². The van der Waals surface area contributed by atoms with E-state index < -0.39 is 0 Å². The molecule has 1 amide bonds. The van der Waals surface area contributed by atoms with Gasteiger partial charge in [0.15, 0.2) is 5.13 Å². The molecule has 3 rings (SSSR count). The summed E-state index contributed by atoms with van der Waals surface area (Å²) in [5, 5.41) is 4.01. The fourth-order valence-electron chi connectivity index (χ4n) is 4.09. The van der Waals surface area contributed by atoms with Crippen molar-refractivity contribution in [3.63, 3.8) is 0 Å². The first-order valence-corrected chi connectivity index (χ1v) is 11.6. The summed E-state index contributed by atoms with van der Waals surface area (Å²) in [6.45, 7) is 13.4. The van der Waals surface area contributed by atoms with Crippen LogP contribution in [0.25, 0.3) is 10.2 Å². The molecule has 6 heteroatoms. The molecule has 1 aliphatic heterocycles. The summed E-state index contributed by atoms with van der Waals surface area (Å²) in [6.07, 6.45) is 5.92. The molecule has 160 valence electrons. The van der Waals surface area contributed by atoms with Gasteiger partial charge in [-0.25, -0.2) is 4.98 Å². The summed E-state index contributed by atoms with van der Waals surface area (Å²) in [7, 11) is 0. The van der Waals surface area contributed by atoms with Gasteiger partial charge in [0.05, 0.1) is 22.5 Å². The lowest BCUT2D eigenvalue weighted by Gasteiger charge is -2.25. The second-order valence-corrected chi connectivity index (χ2v) is 10.6. The van der Waals surface area contributed by atoms with Crippen LogP contribution in [0, 0.1) is 11.3 Å². The van der Waals surface area contributed by atoms with E-state index in [1.165, 1.54) is 32.6 Å². The average Bonchev–Trinajstić information content (AvgIpc) is 3.03. The third-order valence-corrected chi connectivity index (χ3v) is 6.32. The first kappa shape index (κ1) is 21.9. The van der Waals surface area contributed by atoms with Crippen molar-refractivity contribution in [3.05, 3.63) is 12.1 Å². The predicted octanol–water partition coefficient (Wildman–Crippen LogP) is 6.09. The molecule has 1 aromatic heterocycles. The molecule has 2 aromatic rings. The largest absolute Gasteiger partial charge is 0.491 e. The van der Waals surface area contributed by atoms with Crippen LogP contribution in [-0.4, -0.2) is 30.6 Å². The first-order valence-electron chi connectivity index (χ1n) is 10.8. The van der Waals surface area contributed by atoms with Gasteiger partial charge in [0.1, 0.15) is 5.75 Å². The Morgan fingerprint density at radius 1 is 1.28 bits per heavy atom. The molecular formula is C23H35N3O2S. The quantitative estimate of drug-likeness (QED) is 0.592. The second kappa shape index (κ2) is 9.33. The Hall–Kier alpha value is -1.82. The lowest BCUT2D eigenvalue weighted by Crippen LogP contribution is -2.29. The number of hydrogen-bond acceptors (Lipinski definition) is 5. The maximum atomic E-state index is 11.7. The Balaban J connectivity index is 1.75. The van der Waals surface area contributed by atoms with Crippen LogP contribution < -0.4 is 15.0 Å². The SMILES string of the molecule is CC(=O)Nc1cc2sc(N3CCCCC3)nc2cc1OCCC(C)CC(C)(C)C. The molecule has 5 nitrogen and oxygen atoms in total. The summed E-state index contributed by atoms with van der Waals surface area (Å²) in [4.78, 5) is 18.9. The molecule has 0 bridgehead atoms. The van der Waals surface area contributed by atoms with Crippen molar-refractivity contribution in [2.24, 2.45) is 11.3 Å². The third-order valence-electron chi connectivity index (χ3n) is 5.24. The molecule has 1 atom stereocenters. The number of aromatic nitrogens is 1. The van der Waals surface area contributed by atoms with Crippen LogP contribution in [0.15, 0.2) is 12.1 Å². The molecular weight excluding hydrogens is 382 g/mol. The smallest absolute Gasteiger partial charge is 0.221 e. The highest BCUT2D eigenvalue weighted by molar-refractivity contribution is 7.22. The summed E-state index contributed by atoms with van der Waals surface area (Å²) < 4.78 is 7.21. The van der Waals surface area contributed by atoms with Crippen molar-refractivity contribution in [2.75, 3.05) is 29.9 Å². The number of rotatable bonds is 7. The normalized spacial score (nSPS) is 16.1. The van der Waals surface area contributed by atoms with Crippen LogP contribution in [0.4, 0.5) is 10.8 Å². The Bertz CT molecular complexity index is 834. The first-order chi connectivity index (χ1) is 13.7. The fourth-order valence-corrected chi connectivity index (χ4v) is 5.13. The van der Waals surface area contributed by atoms with Gasteiger partial charge in [-0.3, -0.25) is 4.79 Å². The second-order valence-electron chi connectivity index (χ2n) is 9.55. The van der Waals surface area contributed by atoms with E-state index >= 15 is 0 Å². The van der Waals surface area contributed by atoms with Crippen molar-refractivity contribution >= 4 is 38.3 Å². The van der Waals surface area contributed by atoms with Crippen LogP contribution >= 0.6 is 11.3 Å². The molecule has 0 spiro atoms. The Morgan fingerprint density at radius 2 is 2.00 bits per heavy atom. The average molecular weight is 418 g/mol. The van der Waals surface area contributed by atoms with Crippen molar-refractivity contribution < 1.29 is 9.53 Å². The molecule has 0 saturated carbocycles. The summed E-state index contributed by atoms with van der Waals surface area (Å²) in [6, 6.07) is 3.99. The number of carbonyl (C=O) groups is 1. The minimum absolute atomic E-state index is 0.0870. The standard InChI is InChI=1S/C23H35N3O2S/c1-16(15-23(3,4)5)9-12-28-20-13-19-21(14-18(20)24-17(2)27)29-22(25-19)26-10-7-6-8-11-26/h13-14,16H,6-12,15H2,1-5H3,(H,24,27). The number of ether oxygens (including phenoxy) is 1. The number of fused-ring (bicyclic) bond motifs is 1. The number of carbonyl (C=O) groups excluding carboxylic acids is 1. The zero-order valence-electron chi connectivity index (χ0n) is 18.5. The number of thiazole rings is 1. The maximum Gasteiger partial charge on any atom is 0.221 e. The highest BCUT2D eigenvalue weighted by Gasteiger charge is 2.18. The lowest BCUT2D eigenvalue weighted by molar-refractivity contribution is -0.114. The zero-order valence-corrected chi connectivity index (χ0v) is 19.3. The summed E-state index contributed by atoms with van der Waals surface area (Å²) >= 11 is 1.70. The predicted molar refractivity (Wildman–Crippen MR) is 123 cm³/mol. The van der Waals surface area contributed by atoms with Crippen LogP contribution in [0.5, 0.6) is 5.75 Å². The minimum atomic E-state index is -0.0870. The highest BCUT2D eigenvalue weighted by Crippen LogP contribution is 2.37. The number of hydrogen-bond donors (Lipinski definition) is 1. The van der Waals surface area contributed by atoms with Gasteiger partial charge in [0, 0.05) is 26.1 Å². The molecule has 29 heavy (non-hydrogen) atoms. The molecule has 1 saturated heterocycles. The van der Waals surface area contributed by atoms with Crippen molar-refractivity contribution in [3.8, 4) is 5.75 Å². The molecule has 1 aliphatic rings. The van der Waals surface area contributed by atoms with Gasteiger partial charge in [-0.15, -0.1) is 0 Å². The van der Waals surface area contributed by atoms with Crippen LogP contribution in [0.3, 0.4) is 0 Å². The Morgan fingerprint density at radius 3 is 2.66 bits per heavy atom. The van der Waals surface area contributed by atoms with Gasteiger partial charge in [0.25, 0.3) is 0 Å². The topological polar surface area (TPSA) is 54.5 Å². The van der Waals surface area contributed by atoms with Gasteiger partial charge >= 0.3 is 0 Å². The molecule has 1 N–H and O–H groups in total. The number of nitrogens with one attached hydrogen (secondary N) is 1. The number of anilines is 2. The fraction of sp³-hybridized carbons (Fsp3) is 0.652. The Labute approximate surface area is 178 Å². The highest BCUT2D eigenvalue weighted by atomic mass is 32.1. The van der Waals surface area contributed by atoms with Crippen LogP contribution in [-0.2, 0) is 4.79 Å². The minimum Gasteiger partial charge on any atom is -0.491 e. The third kappa shape index (κ3) is 6.33. The van der Waals surface area contributed by atoms with E-state index in [1.54, 1.807) is 11.3 Å². The van der Waals surface area contributed by atoms with E-state index in [0.29, 0.717) is 23.7 Å². The van der Waals surface area contributed by atoms with Crippen molar-refractivity contribution in [1.82, 2.24) is 4.98 Å². The van der Waals surface area contributed by atoms with E-state index in [0.717, 1.165) is 40.5 Å². The number of piperidine rings is 1. The molecule has 0 aliphatic carbocycles. The zero-order chi connectivity index (χ0) is 21.0. The van der Waals surface area contributed by atoms with Gasteiger partial charge in [0.2, 0.25) is 5.91 Å². The molecule has 1 fully saturated rings. The van der Waals surface area contributed by atoms with Gasteiger partial charge in [-0.05, 0) is 49.5 Å². The number of amides is 1. The van der Waals surface area contributed by atoms with E-state index in [2.05, 4.69) is 37.9 Å². The van der Waals surface area contributed by atoms with Gasteiger partial charge < -0.3 is 15.0 Å². The molecule has 0 radical (unpaired) electrons. The van der Waals surface area contributed by atoms with E-state index in [-0.39, 0.29) is 5.91 Å². The van der Waals surface area contributed by atoms with Crippen LogP contribution in [0.2, 0.25) is 0 Å². The van der Waals surface area contributed by atoms with Crippen molar-refractivity contribution in [2.45, 2.75) is 66.7 Å². The lowest BCUT2D eigenvalue weighted by atomic mass is 9.84. The van der Waals surface area contributed by atoms with Crippen molar-refractivity contribution in [1.29, 1.82) is 0 Å². The molecule has 1 aromatic carbocycles. The molecule has 1 unspecified atom stereocenters. The number of nitrogens with zero attached hydrogens (tertiary/aromatic N) is 2.